The van der Waals surface area contributed by atoms with Gasteiger partial charge in [0.15, 0.2) is 11.5 Å². The number of aromatic nitrogens is 4. The number of pyridine rings is 2. The average molecular weight is 245 g/mol. The van der Waals surface area contributed by atoms with Crippen molar-refractivity contribution in [1.29, 1.82) is 0 Å². The highest BCUT2D eigenvalue weighted by molar-refractivity contribution is 6.30. The quantitative estimate of drug-likeness (QED) is 0.661. The van der Waals surface area contributed by atoms with E-state index >= 15 is 0 Å². The second kappa shape index (κ2) is 3.82. The van der Waals surface area contributed by atoms with Crippen LogP contribution in [-0.2, 0) is 0 Å². The molecule has 3 rings (SSSR count). The summed E-state index contributed by atoms with van der Waals surface area (Å²) in [7, 11) is 0. The summed E-state index contributed by atoms with van der Waals surface area (Å²) < 4.78 is 1.84. The molecule has 0 saturated carbocycles. The van der Waals surface area contributed by atoms with Crippen molar-refractivity contribution in [2.45, 2.75) is 6.92 Å². The topological polar surface area (TPSA) is 43.1 Å². The molecule has 3 heterocycles. The lowest BCUT2D eigenvalue weighted by atomic mass is 10.3. The van der Waals surface area contributed by atoms with E-state index in [1.165, 1.54) is 0 Å². The van der Waals surface area contributed by atoms with Crippen molar-refractivity contribution in [3.8, 4) is 11.5 Å². The van der Waals surface area contributed by atoms with E-state index in [0.29, 0.717) is 10.8 Å². The molecular formula is C12H9ClN4. The van der Waals surface area contributed by atoms with Crippen molar-refractivity contribution in [1.82, 2.24) is 19.6 Å². The third kappa shape index (κ3) is 1.76. The predicted octanol–water partition coefficient (Wildman–Crippen LogP) is 2.75. The molecule has 17 heavy (non-hydrogen) atoms. The van der Waals surface area contributed by atoms with Gasteiger partial charge in [-0.1, -0.05) is 17.7 Å². The van der Waals surface area contributed by atoms with Gasteiger partial charge in [-0.2, -0.15) is 0 Å². The van der Waals surface area contributed by atoms with E-state index in [0.717, 1.165) is 17.0 Å². The minimum absolute atomic E-state index is 0.645. The Morgan fingerprint density at radius 1 is 1.12 bits per heavy atom. The van der Waals surface area contributed by atoms with Gasteiger partial charge in [0.2, 0.25) is 0 Å². The number of fused-ring (bicyclic) bond motifs is 1. The van der Waals surface area contributed by atoms with Crippen molar-refractivity contribution >= 4 is 17.2 Å². The van der Waals surface area contributed by atoms with Crippen molar-refractivity contribution in [2.75, 3.05) is 0 Å². The van der Waals surface area contributed by atoms with Crippen molar-refractivity contribution in [2.24, 2.45) is 0 Å². The summed E-state index contributed by atoms with van der Waals surface area (Å²) in [5, 5.41) is 8.86. The molecule has 84 valence electrons. The Morgan fingerprint density at radius 2 is 2.00 bits per heavy atom. The van der Waals surface area contributed by atoms with Crippen LogP contribution < -0.4 is 0 Å². The third-order valence-electron chi connectivity index (χ3n) is 2.48. The molecule has 0 aliphatic rings. The summed E-state index contributed by atoms with van der Waals surface area (Å²) in [5.41, 5.74) is 2.49. The molecule has 0 spiro atoms. The first-order valence-corrected chi connectivity index (χ1v) is 5.56. The Morgan fingerprint density at radius 3 is 2.82 bits per heavy atom. The van der Waals surface area contributed by atoms with Crippen molar-refractivity contribution in [3.05, 3.63) is 47.2 Å². The molecule has 0 aliphatic heterocycles. The number of hydrogen-bond acceptors (Lipinski definition) is 3. The summed E-state index contributed by atoms with van der Waals surface area (Å²) in [5.74, 6) is 0.700. The van der Waals surface area contributed by atoms with Gasteiger partial charge in [-0.05, 0) is 31.2 Å². The molecule has 0 N–H and O–H groups in total. The fourth-order valence-electron chi connectivity index (χ4n) is 1.71. The zero-order valence-electron chi connectivity index (χ0n) is 9.13. The maximum Gasteiger partial charge on any atom is 0.187 e. The number of nitrogens with zero attached hydrogens (tertiary/aromatic N) is 4. The molecule has 4 nitrogen and oxygen atoms in total. The molecule has 0 aliphatic carbocycles. The van der Waals surface area contributed by atoms with E-state index in [1.807, 2.05) is 35.6 Å². The Kier molecular flexibility index (Phi) is 2.30. The van der Waals surface area contributed by atoms with Crippen LogP contribution in [0, 0.1) is 6.92 Å². The average Bonchev–Trinajstić information content (AvgIpc) is 2.71. The van der Waals surface area contributed by atoms with Crippen LogP contribution in [0.1, 0.15) is 5.69 Å². The summed E-state index contributed by atoms with van der Waals surface area (Å²) in [6.45, 7) is 1.94. The lowest BCUT2D eigenvalue weighted by molar-refractivity contribution is 1.08. The second-order valence-corrected chi connectivity index (χ2v) is 4.20. The van der Waals surface area contributed by atoms with Crippen LogP contribution in [0.3, 0.4) is 0 Å². The van der Waals surface area contributed by atoms with Gasteiger partial charge < -0.3 is 0 Å². The maximum absolute atomic E-state index is 5.97. The summed E-state index contributed by atoms with van der Waals surface area (Å²) in [4.78, 5) is 4.43. The van der Waals surface area contributed by atoms with E-state index in [1.54, 1.807) is 12.3 Å². The van der Waals surface area contributed by atoms with Gasteiger partial charge in [-0.25, -0.2) is 4.98 Å². The molecule has 0 aromatic carbocycles. The highest BCUT2D eigenvalue weighted by atomic mass is 35.5. The van der Waals surface area contributed by atoms with E-state index in [9.17, 15) is 0 Å². The lowest BCUT2D eigenvalue weighted by Crippen LogP contribution is -1.92. The van der Waals surface area contributed by atoms with Crippen LogP contribution in [0.2, 0.25) is 5.02 Å². The molecule has 3 aromatic heterocycles. The fourth-order valence-corrected chi connectivity index (χ4v) is 1.87. The minimum Gasteiger partial charge on any atom is -0.280 e. The molecule has 0 atom stereocenters. The van der Waals surface area contributed by atoms with E-state index in [4.69, 9.17) is 11.6 Å². The van der Waals surface area contributed by atoms with Crippen LogP contribution in [0.5, 0.6) is 0 Å². The minimum atomic E-state index is 0.645. The smallest absolute Gasteiger partial charge is 0.187 e. The van der Waals surface area contributed by atoms with E-state index in [2.05, 4.69) is 15.2 Å². The molecule has 0 fully saturated rings. The Labute approximate surface area is 103 Å². The van der Waals surface area contributed by atoms with E-state index < -0.39 is 0 Å². The van der Waals surface area contributed by atoms with Gasteiger partial charge in [0, 0.05) is 11.9 Å². The zero-order chi connectivity index (χ0) is 11.8. The van der Waals surface area contributed by atoms with Gasteiger partial charge in [-0.15, -0.1) is 10.2 Å². The molecular weight excluding hydrogens is 236 g/mol. The van der Waals surface area contributed by atoms with Crippen LogP contribution in [-0.4, -0.2) is 19.6 Å². The predicted molar refractivity (Wildman–Crippen MR) is 66.0 cm³/mol. The number of aryl methyl sites for hydroxylation is 1. The Bertz CT molecular complexity index is 690. The van der Waals surface area contributed by atoms with Crippen LogP contribution in [0.4, 0.5) is 0 Å². The van der Waals surface area contributed by atoms with Gasteiger partial charge in [0.25, 0.3) is 0 Å². The normalized spacial score (nSPS) is 10.9. The van der Waals surface area contributed by atoms with E-state index in [-0.39, 0.29) is 0 Å². The SMILES string of the molecule is Cc1cccc(-c2nnc3ccc(Cl)cn23)n1. The van der Waals surface area contributed by atoms with Crippen LogP contribution in [0.25, 0.3) is 17.2 Å². The highest BCUT2D eigenvalue weighted by Crippen LogP contribution is 2.18. The summed E-state index contributed by atoms with van der Waals surface area (Å²) in [6.07, 6.45) is 1.79. The van der Waals surface area contributed by atoms with Crippen LogP contribution in [0.15, 0.2) is 36.5 Å². The second-order valence-electron chi connectivity index (χ2n) is 3.76. The number of rotatable bonds is 1. The monoisotopic (exact) mass is 244 g/mol. The molecule has 0 radical (unpaired) electrons. The first-order valence-electron chi connectivity index (χ1n) is 5.18. The van der Waals surface area contributed by atoms with Crippen LogP contribution >= 0.6 is 11.6 Å². The summed E-state index contributed by atoms with van der Waals surface area (Å²) in [6, 6.07) is 9.42. The summed E-state index contributed by atoms with van der Waals surface area (Å²) >= 11 is 5.97. The zero-order valence-corrected chi connectivity index (χ0v) is 9.89. The Hall–Kier alpha value is -1.94. The van der Waals surface area contributed by atoms with Gasteiger partial charge in [-0.3, -0.25) is 4.40 Å². The van der Waals surface area contributed by atoms with Crippen molar-refractivity contribution in [3.63, 3.8) is 0 Å². The van der Waals surface area contributed by atoms with Gasteiger partial charge in [0.1, 0.15) is 5.69 Å². The largest absolute Gasteiger partial charge is 0.280 e. The van der Waals surface area contributed by atoms with Gasteiger partial charge in [0.05, 0.1) is 5.02 Å². The molecule has 5 heteroatoms. The lowest BCUT2D eigenvalue weighted by Gasteiger charge is -2.00. The maximum atomic E-state index is 5.97. The first-order chi connectivity index (χ1) is 8.24. The molecule has 0 saturated heterocycles. The molecule has 3 aromatic rings. The fraction of sp³-hybridized carbons (Fsp3) is 0.0833. The molecule has 0 bridgehead atoms. The van der Waals surface area contributed by atoms with Gasteiger partial charge >= 0.3 is 0 Å². The highest BCUT2D eigenvalue weighted by Gasteiger charge is 2.09. The Balaban J connectivity index is 2.27. The third-order valence-corrected chi connectivity index (χ3v) is 2.71. The number of hydrogen-bond donors (Lipinski definition) is 0. The first kappa shape index (κ1) is 10.2. The molecule has 0 unspecified atom stereocenters. The molecule has 0 amide bonds. The standard InChI is InChI=1S/C12H9ClN4/c1-8-3-2-4-10(14-8)12-16-15-11-6-5-9(13)7-17(11)12/h2-7H,1H3. The number of halogens is 1. The van der Waals surface area contributed by atoms with Crippen molar-refractivity contribution < 1.29 is 0 Å².